The van der Waals surface area contributed by atoms with Gasteiger partial charge in [-0.25, -0.2) is 0 Å². The molecule has 1 atom stereocenters. The summed E-state index contributed by atoms with van der Waals surface area (Å²) in [5.74, 6) is 1.17. The Morgan fingerprint density at radius 1 is 1.16 bits per heavy atom. The maximum Gasteiger partial charge on any atom is 0.276 e. The second-order valence-electron chi connectivity index (χ2n) is 9.06. The normalized spacial score (nSPS) is 22.0. The number of rotatable bonds is 8. The van der Waals surface area contributed by atoms with Gasteiger partial charge in [-0.3, -0.25) is 9.59 Å². The summed E-state index contributed by atoms with van der Waals surface area (Å²) in [6, 6.07) is 12.0. The first kappa shape index (κ1) is 21.6. The van der Waals surface area contributed by atoms with E-state index in [-0.39, 0.29) is 29.9 Å². The minimum absolute atomic E-state index is 0.00544. The largest absolute Gasteiger partial charge is 0.360 e. The predicted octanol–water partition coefficient (Wildman–Crippen LogP) is 3.36. The number of hydrogen-bond donors (Lipinski definition) is 2. The molecule has 3 N–H and O–H groups in total. The summed E-state index contributed by atoms with van der Waals surface area (Å²) in [6.07, 6.45) is 5.93. The van der Waals surface area contributed by atoms with Crippen LogP contribution in [-0.2, 0) is 11.3 Å². The Morgan fingerprint density at radius 2 is 1.87 bits per heavy atom. The third kappa shape index (κ3) is 5.73. The Kier molecular flexibility index (Phi) is 6.70. The highest BCUT2D eigenvalue weighted by Gasteiger charge is 2.33. The summed E-state index contributed by atoms with van der Waals surface area (Å²) in [5, 5.41) is 7.17. The average molecular weight is 425 g/mol. The van der Waals surface area contributed by atoms with Crippen LogP contribution in [0.15, 0.2) is 40.9 Å². The van der Waals surface area contributed by atoms with Crippen LogP contribution < -0.4 is 11.1 Å². The summed E-state index contributed by atoms with van der Waals surface area (Å²) in [7, 11) is 0. The van der Waals surface area contributed by atoms with Crippen LogP contribution in [0, 0.1) is 0 Å². The zero-order chi connectivity index (χ0) is 21.8. The van der Waals surface area contributed by atoms with Gasteiger partial charge in [-0.05, 0) is 51.0 Å². The van der Waals surface area contributed by atoms with Crippen LogP contribution in [0.3, 0.4) is 0 Å². The third-order valence-corrected chi connectivity index (χ3v) is 6.19. The standard InChI is InChI=1S/C24H32N4O3/c1-16(25)13-23(29)26-19-9-11-20(12-10-19)28(15-17-5-3-2-4-6-17)24(30)21-14-22(31-27-21)18-7-8-18/h2-6,14,16,18-20H,7-13,15,25H2,1H3,(H,26,29). The van der Waals surface area contributed by atoms with Gasteiger partial charge in [-0.2, -0.15) is 0 Å². The lowest BCUT2D eigenvalue weighted by Crippen LogP contribution is -2.46. The fourth-order valence-corrected chi connectivity index (χ4v) is 4.36. The molecule has 0 aliphatic heterocycles. The van der Waals surface area contributed by atoms with E-state index in [4.69, 9.17) is 10.3 Å². The minimum Gasteiger partial charge on any atom is -0.360 e. The zero-order valence-electron chi connectivity index (χ0n) is 18.1. The van der Waals surface area contributed by atoms with Crippen molar-refractivity contribution in [1.29, 1.82) is 0 Å². The van der Waals surface area contributed by atoms with Crippen LogP contribution in [0.4, 0.5) is 0 Å². The van der Waals surface area contributed by atoms with E-state index in [1.807, 2.05) is 48.2 Å². The van der Waals surface area contributed by atoms with E-state index in [2.05, 4.69) is 10.5 Å². The first-order chi connectivity index (χ1) is 15.0. The quantitative estimate of drug-likeness (QED) is 0.677. The Bertz CT molecular complexity index is 883. The SMILES string of the molecule is CC(N)CC(=O)NC1CCC(N(Cc2ccccc2)C(=O)c2cc(C3CC3)on2)CC1. The van der Waals surface area contributed by atoms with Crippen LogP contribution in [-0.4, -0.2) is 40.0 Å². The van der Waals surface area contributed by atoms with E-state index < -0.39 is 0 Å². The summed E-state index contributed by atoms with van der Waals surface area (Å²) < 4.78 is 5.43. The van der Waals surface area contributed by atoms with Crippen LogP contribution in [0.5, 0.6) is 0 Å². The maximum atomic E-state index is 13.4. The van der Waals surface area contributed by atoms with Crippen molar-refractivity contribution < 1.29 is 14.1 Å². The number of hydrogen-bond acceptors (Lipinski definition) is 5. The molecule has 0 radical (unpaired) electrons. The van der Waals surface area contributed by atoms with Gasteiger partial charge in [0.25, 0.3) is 5.91 Å². The monoisotopic (exact) mass is 424 g/mol. The summed E-state index contributed by atoms with van der Waals surface area (Å²) in [4.78, 5) is 27.4. The third-order valence-electron chi connectivity index (χ3n) is 6.19. The van der Waals surface area contributed by atoms with Gasteiger partial charge in [-0.1, -0.05) is 35.5 Å². The number of nitrogens with one attached hydrogen (secondary N) is 1. The molecule has 1 unspecified atom stereocenters. The van der Waals surface area contributed by atoms with Gasteiger partial charge in [0.05, 0.1) is 0 Å². The zero-order valence-corrected chi connectivity index (χ0v) is 18.1. The molecule has 2 aromatic rings. The van der Waals surface area contributed by atoms with Gasteiger partial charge in [0.2, 0.25) is 5.91 Å². The molecule has 7 nitrogen and oxygen atoms in total. The van der Waals surface area contributed by atoms with Crippen molar-refractivity contribution in [2.75, 3.05) is 0 Å². The Morgan fingerprint density at radius 3 is 2.52 bits per heavy atom. The highest BCUT2D eigenvalue weighted by Crippen LogP contribution is 2.40. The molecule has 2 aliphatic rings. The van der Waals surface area contributed by atoms with Gasteiger partial charge in [0, 0.05) is 43.1 Å². The number of carbonyl (C=O) groups excluding carboxylic acids is 2. The first-order valence-corrected chi connectivity index (χ1v) is 11.4. The smallest absolute Gasteiger partial charge is 0.276 e. The number of nitrogens with zero attached hydrogens (tertiary/aromatic N) is 2. The number of nitrogens with two attached hydrogens (primary N) is 1. The molecule has 2 amide bonds. The van der Waals surface area contributed by atoms with Crippen molar-refractivity contribution >= 4 is 11.8 Å². The van der Waals surface area contributed by atoms with E-state index in [9.17, 15) is 9.59 Å². The van der Waals surface area contributed by atoms with Crippen molar-refractivity contribution in [3.05, 3.63) is 53.4 Å². The van der Waals surface area contributed by atoms with Crippen LogP contribution in [0.1, 0.15) is 79.6 Å². The Hall–Kier alpha value is -2.67. The Labute approximate surface area is 183 Å². The second-order valence-corrected chi connectivity index (χ2v) is 9.06. The van der Waals surface area contributed by atoms with Crippen LogP contribution in [0.2, 0.25) is 0 Å². The second kappa shape index (κ2) is 9.64. The fourth-order valence-electron chi connectivity index (χ4n) is 4.36. The molecule has 7 heteroatoms. The summed E-state index contributed by atoms with van der Waals surface area (Å²) in [6.45, 7) is 2.37. The molecular formula is C24H32N4O3. The van der Waals surface area contributed by atoms with E-state index in [0.29, 0.717) is 24.6 Å². The molecule has 31 heavy (non-hydrogen) atoms. The number of benzene rings is 1. The van der Waals surface area contributed by atoms with Crippen LogP contribution in [0.25, 0.3) is 0 Å². The molecule has 4 rings (SSSR count). The minimum atomic E-state index is -0.140. The molecule has 1 aromatic carbocycles. The van der Waals surface area contributed by atoms with Crippen molar-refractivity contribution in [3.63, 3.8) is 0 Å². The molecular weight excluding hydrogens is 392 g/mol. The molecule has 0 saturated heterocycles. The van der Waals surface area contributed by atoms with E-state index in [1.54, 1.807) is 0 Å². The lowest BCUT2D eigenvalue weighted by Gasteiger charge is -2.37. The molecule has 2 saturated carbocycles. The molecule has 1 heterocycles. The van der Waals surface area contributed by atoms with E-state index >= 15 is 0 Å². The number of amides is 2. The van der Waals surface area contributed by atoms with Crippen molar-refractivity contribution in [2.45, 2.75) is 82.5 Å². The average Bonchev–Trinajstić information content (AvgIpc) is 3.49. The molecule has 2 fully saturated rings. The lowest BCUT2D eigenvalue weighted by atomic mass is 9.89. The summed E-state index contributed by atoms with van der Waals surface area (Å²) in [5.41, 5.74) is 7.21. The maximum absolute atomic E-state index is 13.4. The fraction of sp³-hybridized carbons (Fsp3) is 0.542. The first-order valence-electron chi connectivity index (χ1n) is 11.4. The lowest BCUT2D eigenvalue weighted by molar-refractivity contribution is -0.122. The number of aromatic nitrogens is 1. The van der Waals surface area contributed by atoms with Crippen LogP contribution >= 0.6 is 0 Å². The summed E-state index contributed by atoms with van der Waals surface area (Å²) >= 11 is 0. The topological polar surface area (TPSA) is 101 Å². The predicted molar refractivity (Wildman–Crippen MR) is 117 cm³/mol. The van der Waals surface area contributed by atoms with Gasteiger partial charge in [0.15, 0.2) is 5.69 Å². The van der Waals surface area contributed by atoms with Gasteiger partial charge < -0.3 is 20.5 Å². The van der Waals surface area contributed by atoms with Gasteiger partial charge in [0.1, 0.15) is 5.76 Å². The van der Waals surface area contributed by atoms with Crippen molar-refractivity contribution in [1.82, 2.24) is 15.4 Å². The van der Waals surface area contributed by atoms with E-state index in [1.165, 1.54) is 0 Å². The molecule has 1 aromatic heterocycles. The molecule has 0 spiro atoms. The van der Waals surface area contributed by atoms with Crippen molar-refractivity contribution in [2.24, 2.45) is 5.73 Å². The van der Waals surface area contributed by atoms with E-state index in [0.717, 1.165) is 49.8 Å². The molecule has 0 bridgehead atoms. The van der Waals surface area contributed by atoms with Gasteiger partial charge in [-0.15, -0.1) is 0 Å². The van der Waals surface area contributed by atoms with Crippen molar-refractivity contribution in [3.8, 4) is 0 Å². The highest BCUT2D eigenvalue weighted by molar-refractivity contribution is 5.92. The molecule has 2 aliphatic carbocycles. The number of carbonyl (C=O) groups is 2. The highest BCUT2D eigenvalue weighted by atomic mass is 16.5. The van der Waals surface area contributed by atoms with Gasteiger partial charge >= 0.3 is 0 Å². The Balaban J connectivity index is 1.43. The molecule has 166 valence electrons.